The first kappa shape index (κ1) is 18.2. The van der Waals surface area contributed by atoms with E-state index in [0.717, 1.165) is 0 Å². The van der Waals surface area contributed by atoms with Gasteiger partial charge in [0.05, 0.1) is 0 Å². The molecule has 4 N–H and O–H groups in total. The Balaban J connectivity index is -0.000000320. The summed E-state index contributed by atoms with van der Waals surface area (Å²) in [6, 6.07) is 0. The summed E-state index contributed by atoms with van der Waals surface area (Å²) in [5, 5.41) is 0. The molecule has 56 valence electrons. The van der Waals surface area contributed by atoms with Gasteiger partial charge in [-0.25, -0.2) is 0 Å². The minimum absolute atomic E-state index is 0. The molecule has 0 atom stereocenters. The topological polar surface area (TPSA) is 136 Å². The third-order valence-corrected chi connectivity index (χ3v) is 2.39. The maximum absolute atomic E-state index is 9.59. The number of hydrogen-bond donors (Lipinski definition) is 4. The summed E-state index contributed by atoms with van der Waals surface area (Å²) >= 11 is 0. The maximum atomic E-state index is 9.59. The van der Waals surface area contributed by atoms with Crippen LogP contribution < -0.4 is 47.3 Å². The molecular formula is H4Li2O7Si2. The van der Waals surface area contributed by atoms with E-state index in [-0.39, 0.29) is 37.7 Å². The Kier molecular flexibility index (Phi) is 9.77. The van der Waals surface area contributed by atoms with Crippen molar-refractivity contribution in [2.75, 3.05) is 0 Å². The summed E-state index contributed by atoms with van der Waals surface area (Å²) < 4.78 is 3.01. The molecule has 7 nitrogen and oxygen atoms in total. The molecule has 0 aromatic rings. The quantitative estimate of drug-likeness (QED) is 0.314. The van der Waals surface area contributed by atoms with E-state index < -0.39 is 18.1 Å². The predicted octanol–water partition coefficient (Wildman–Crippen LogP) is -11.4. The average Bonchev–Trinajstić information content (AvgIpc) is 1.14. The van der Waals surface area contributed by atoms with Crippen molar-refractivity contribution >= 4 is 18.1 Å². The van der Waals surface area contributed by atoms with Gasteiger partial charge < -0.3 is 32.9 Å². The number of rotatable bonds is 2. The normalized spacial score (nSPS) is 11.5. The van der Waals surface area contributed by atoms with Crippen molar-refractivity contribution in [3.63, 3.8) is 0 Å². The van der Waals surface area contributed by atoms with Crippen LogP contribution in [-0.4, -0.2) is 37.3 Å². The molecule has 0 heterocycles. The molecule has 0 spiro atoms. The Bertz CT molecular complexity index is 79.6. The van der Waals surface area contributed by atoms with Gasteiger partial charge in [0.2, 0.25) is 0 Å². The molecule has 0 aliphatic rings. The summed E-state index contributed by atoms with van der Waals surface area (Å²) in [4.78, 5) is 50.5. The van der Waals surface area contributed by atoms with Crippen LogP contribution in [0.5, 0.6) is 0 Å². The summed E-state index contributed by atoms with van der Waals surface area (Å²) in [6.07, 6.45) is 0. The van der Waals surface area contributed by atoms with Gasteiger partial charge in [-0.05, 0) is 0 Å². The van der Waals surface area contributed by atoms with Crippen LogP contribution in [-0.2, 0) is 4.12 Å². The third-order valence-electron chi connectivity index (χ3n) is 0.266. The van der Waals surface area contributed by atoms with Gasteiger partial charge in [-0.15, -0.1) is 0 Å². The fourth-order valence-corrected chi connectivity index (χ4v) is 1.56. The van der Waals surface area contributed by atoms with E-state index in [9.17, 15) is 9.59 Å². The van der Waals surface area contributed by atoms with Crippen LogP contribution in [0.15, 0.2) is 0 Å². The molecule has 0 rings (SSSR count). The largest absolute Gasteiger partial charge is 1.00 e. The van der Waals surface area contributed by atoms with Crippen LogP contribution in [0.4, 0.5) is 0 Å². The SMILES string of the molecule is [Li+].[Li+].[O-][Si]([O-])(O)O[Si](O)(O)O. The van der Waals surface area contributed by atoms with E-state index in [2.05, 4.69) is 4.12 Å². The van der Waals surface area contributed by atoms with Crippen LogP contribution in [0.2, 0.25) is 0 Å². The van der Waals surface area contributed by atoms with E-state index in [1.807, 2.05) is 0 Å². The number of hydrogen-bond acceptors (Lipinski definition) is 7. The molecule has 0 fully saturated rings. The van der Waals surface area contributed by atoms with Gasteiger partial charge in [-0.2, -0.15) is 0 Å². The monoisotopic (exact) mass is 186 g/mol. The molecule has 11 heteroatoms. The molecule has 11 heavy (non-hydrogen) atoms. The fraction of sp³-hybridized carbons (Fsp3) is 0. The Morgan fingerprint density at radius 2 is 1.18 bits per heavy atom. The molecule has 0 saturated heterocycles. The minimum atomic E-state index is -5.48. The van der Waals surface area contributed by atoms with E-state index in [1.165, 1.54) is 0 Å². The molecule has 0 amide bonds. The first-order valence-corrected chi connectivity index (χ1v) is 5.13. The van der Waals surface area contributed by atoms with E-state index in [0.29, 0.717) is 0 Å². The molecule has 0 unspecified atom stereocenters. The Labute approximate surface area is 88.6 Å². The van der Waals surface area contributed by atoms with Crippen molar-refractivity contribution < 1.29 is 70.6 Å². The van der Waals surface area contributed by atoms with Crippen molar-refractivity contribution in [1.29, 1.82) is 0 Å². The van der Waals surface area contributed by atoms with E-state index in [4.69, 9.17) is 19.2 Å². The van der Waals surface area contributed by atoms with Gasteiger partial charge in [0.25, 0.3) is 0 Å². The van der Waals surface area contributed by atoms with Crippen LogP contribution in [0.1, 0.15) is 0 Å². The molecule has 0 aromatic heterocycles. The van der Waals surface area contributed by atoms with Crippen molar-refractivity contribution in [2.45, 2.75) is 0 Å². The predicted molar refractivity (Wildman–Crippen MR) is 21.5 cm³/mol. The zero-order chi connectivity index (χ0) is 7.71. The Morgan fingerprint density at radius 3 is 1.18 bits per heavy atom. The van der Waals surface area contributed by atoms with Crippen molar-refractivity contribution in [3.05, 3.63) is 0 Å². The zero-order valence-electron chi connectivity index (χ0n) is 6.01. The van der Waals surface area contributed by atoms with Crippen LogP contribution in [0.25, 0.3) is 0 Å². The van der Waals surface area contributed by atoms with Crippen molar-refractivity contribution in [3.8, 4) is 0 Å². The van der Waals surface area contributed by atoms with E-state index in [1.54, 1.807) is 0 Å². The second kappa shape index (κ2) is 5.90. The van der Waals surface area contributed by atoms with Crippen LogP contribution in [0.3, 0.4) is 0 Å². The summed E-state index contributed by atoms with van der Waals surface area (Å²) in [6.45, 7) is 0. The van der Waals surface area contributed by atoms with E-state index >= 15 is 0 Å². The first-order chi connectivity index (χ1) is 3.71. The van der Waals surface area contributed by atoms with Gasteiger partial charge in [0, 0.05) is 0 Å². The molecule has 0 aliphatic heterocycles. The van der Waals surface area contributed by atoms with Gasteiger partial charge in [-0.1, -0.05) is 0 Å². The molecule has 0 aromatic carbocycles. The smallest absolute Gasteiger partial charge is 0.829 e. The molecule has 0 radical (unpaired) electrons. The van der Waals surface area contributed by atoms with Crippen molar-refractivity contribution in [1.82, 2.24) is 0 Å². The van der Waals surface area contributed by atoms with Gasteiger partial charge in [0.15, 0.2) is 0 Å². The molecular weight excluding hydrogens is 182 g/mol. The molecule has 0 saturated carbocycles. The fourth-order valence-electron chi connectivity index (χ4n) is 0.173. The minimum Gasteiger partial charge on any atom is -0.829 e. The summed E-state index contributed by atoms with van der Waals surface area (Å²) in [5.41, 5.74) is 0. The zero-order valence-corrected chi connectivity index (χ0v) is 8.01. The van der Waals surface area contributed by atoms with Crippen LogP contribution in [0, 0.1) is 0 Å². The van der Waals surface area contributed by atoms with Crippen LogP contribution >= 0.6 is 0 Å². The molecule has 0 bridgehead atoms. The van der Waals surface area contributed by atoms with Gasteiger partial charge in [-0.3, -0.25) is 0 Å². The second-order valence-electron chi connectivity index (χ2n) is 1.20. The third kappa shape index (κ3) is 18.4. The van der Waals surface area contributed by atoms with Crippen molar-refractivity contribution in [2.24, 2.45) is 0 Å². The first-order valence-electron chi connectivity index (χ1n) is 1.71. The van der Waals surface area contributed by atoms with Gasteiger partial charge >= 0.3 is 46.8 Å². The second-order valence-corrected chi connectivity index (χ2v) is 4.21. The standard InChI is InChI=1S/2Li.H4O7Si2/c;;1-8(2,3)7-9(4,5)6/h;;1-4H/q2*+1;-2. The Hall–Kier alpha value is 1.35. The summed E-state index contributed by atoms with van der Waals surface area (Å²) in [5.74, 6) is 0. The summed E-state index contributed by atoms with van der Waals surface area (Å²) in [7, 11) is -10.6. The maximum Gasteiger partial charge on any atom is 1.00 e. The molecule has 0 aliphatic carbocycles. The Morgan fingerprint density at radius 1 is 0.909 bits per heavy atom. The average molecular weight is 186 g/mol. The van der Waals surface area contributed by atoms with Gasteiger partial charge in [0.1, 0.15) is 9.05 Å².